The molecule has 2 aliphatic heterocycles. The van der Waals surface area contributed by atoms with E-state index in [-0.39, 0.29) is 23.3 Å². The lowest BCUT2D eigenvalue weighted by molar-refractivity contribution is -0.139. The Labute approximate surface area is 196 Å². The quantitative estimate of drug-likeness (QED) is 0.724. The number of piperidine rings is 1. The molecule has 7 nitrogen and oxygen atoms in total. The number of nitrogens with zero attached hydrogens (tertiary/aromatic N) is 3. The smallest absolute Gasteiger partial charge is 0.230 e. The fourth-order valence-electron chi connectivity index (χ4n) is 6.53. The van der Waals surface area contributed by atoms with Crippen molar-refractivity contribution in [1.82, 2.24) is 9.88 Å². The molecule has 7 heteroatoms. The van der Waals surface area contributed by atoms with Gasteiger partial charge in [0.05, 0.1) is 23.4 Å². The fourth-order valence-corrected chi connectivity index (χ4v) is 6.53. The molecule has 2 aliphatic carbocycles. The highest BCUT2D eigenvalue weighted by atomic mass is 16.3. The van der Waals surface area contributed by atoms with Crippen LogP contribution < -0.4 is 10.2 Å². The predicted molar refractivity (Wildman–Crippen MR) is 128 cm³/mol. The lowest BCUT2D eigenvalue weighted by atomic mass is 9.78. The minimum absolute atomic E-state index is 0.119. The van der Waals surface area contributed by atoms with Gasteiger partial charge in [0, 0.05) is 31.6 Å². The first-order chi connectivity index (χ1) is 16.0. The minimum atomic E-state index is -0.302. The van der Waals surface area contributed by atoms with Gasteiger partial charge in [-0.05, 0) is 69.9 Å². The highest BCUT2D eigenvalue weighted by molar-refractivity contribution is 5.92. The highest BCUT2D eigenvalue weighted by Crippen LogP contribution is 2.43. The maximum absolute atomic E-state index is 13.5. The van der Waals surface area contributed by atoms with Crippen LogP contribution in [0.2, 0.25) is 0 Å². The van der Waals surface area contributed by atoms with Crippen molar-refractivity contribution < 1.29 is 14.7 Å². The summed E-state index contributed by atoms with van der Waals surface area (Å²) >= 11 is 0. The van der Waals surface area contributed by atoms with E-state index in [0.717, 1.165) is 102 Å². The van der Waals surface area contributed by atoms with Gasteiger partial charge in [0.2, 0.25) is 11.8 Å². The van der Waals surface area contributed by atoms with Crippen LogP contribution in [-0.2, 0) is 9.59 Å². The molecular weight excluding hydrogens is 416 g/mol. The number of nitrogens with one attached hydrogen (secondary N) is 1. The standard InChI is InChI=1S/C26H38N4O3/c31-22-10-8-21(9-11-22)30-16-14-26(25(30)33)13-4-15-29(18-26)23-12-7-20(17-27-23)28-24(32)19-5-2-1-3-6-19/h7,12,17,19,21-22,31H,1-6,8-11,13-16,18H2,(H,28,32). The number of hydrogen-bond acceptors (Lipinski definition) is 5. The molecule has 5 rings (SSSR count). The Morgan fingerprint density at radius 3 is 2.52 bits per heavy atom. The van der Waals surface area contributed by atoms with Crippen molar-refractivity contribution in [2.24, 2.45) is 11.3 Å². The van der Waals surface area contributed by atoms with Crippen LogP contribution in [0.1, 0.15) is 77.0 Å². The molecule has 0 radical (unpaired) electrons. The van der Waals surface area contributed by atoms with Crippen LogP contribution >= 0.6 is 0 Å². The number of pyridine rings is 1. The topological polar surface area (TPSA) is 85.8 Å². The number of aromatic nitrogens is 1. The number of carbonyl (C=O) groups is 2. The SMILES string of the molecule is O=C(Nc1ccc(N2CCCC3(CCN(C4CCC(O)CC4)C3=O)C2)nc1)C1CCCCC1. The van der Waals surface area contributed by atoms with Crippen molar-refractivity contribution >= 4 is 23.3 Å². The lowest BCUT2D eigenvalue weighted by Gasteiger charge is -2.41. The first-order valence-corrected chi connectivity index (χ1v) is 13.1. The Bertz CT molecular complexity index is 846. The number of carbonyl (C=O) groups excluding carboxylic acids is 2. The summed E-state index contributed by atoms with van der Waals surface area (Å²) in [4.78, 5) is 35.1. The van der Waals surface area contributed by atoms with E-state index in [1.54, 1.807) is 6.20 Å². The van der Waals surface area contributed by atoms with Gasteiger partial charge in [-0.2, -0.15) is 0 Å². The largest absolute Gasteiger partial charge is 0.393 e. The third-order valence-corrected chi connectivity index (χ3v) is 8.55. The summed E-state index contributed by atoms with van der Waals surface area (Å²) in [5.41, 5.74) is 0.452. The van der Waals surface area contributed by atoms with Crippen LogP contribution in [0.25, 0.3) is 0 Å². The van der Waals surface area contributed by atoms with Gasteiger partial charge in [0.15, 0.2) is 0 Å². The maximum Gasteiger partial charge on any atom is 0.230 e. The van der Waals surface area contributed by atoms with Crippen LogP contribution in [0.4, 0.5) is 11.5 Å². The number of aliphatic hydroxyl groups is 1. The summed E-state index contributed by atoms with van der Waals surface area (Å²) in [6.45, 7) is 2.47. The Balaban J connectivity index is 1.21. The van der Waals surface area contributed by atoms with Crippen LogP contribution in [0.5, 0.6) is 0 Å². The third kappa shape index (κ3) is 4.75. The number of hydrogen-bond donors (Lipinski definition) is 2. The highest BCUT2D eigenvalue weighted by Gasteiger charge is 2.50. The van der Waals surface area contributed by atoms with E-state index < -0.39 is 0 Å². The van der Waals surface area contributed by atoms with Crippen molar-refractivity contribution in [3.8, 4) is 0 Å². The summed E-state index contributed by atoms with van der Waals surface area (Å²) in [7, 11) is 0. The van der Waals surface area contributed by atoms with Crippen LogP contribution in [-0.4, -0.2) is 58.6 Å². The number of amides is 2. The van der Waals surface area contributed by atoms with E-state index in [2.05, 4.69) is 20.1 Å². The molecule has 0 bridgehead atoms. The van der Waals surface area contributed by atoms with Crippen molar-refractivity contribution in [3.63, 3.8) is 0 Å². The summed E-state index contributed by atoms with van der Waals surface area (Å²) in [6, 6.07) is 4.22. The van der Waals surface area contributed by atoms with Gasteiger partial charge in [-0.15, -0.1) is 0 Å². The van der Waals surface area contributed by atoms with E-state index in [9.17, 15) is 14.7 Å². The molecular formula is C26H38N4O3. The van der Waals surface area contributed by atoms with Crippen LogP contribution in [0, 0.1) is 11.3 Å². The lowest BCUT2D eigenvalue weighted by Crippen LogP contribution is -2.50. The van der Waals surface area contributed by atoms with E-state index in [4.69, 9.17) is 0 Å². The molecule has 33 heavy (non-hydrogen) atoms. The molecule has 2 saturated heterocycles. The van der Waals surface area contributed by atoms with Crippen LogP contribution in [0.15, 0.2) is 18.3 Å². The van der Waals surface area contributed by atoms with Crippen LogP contribution in [0.3, 0.4) is 0 Å². The molecule has 1 spiro atoms. The van der Waals surface area contributed by atoms with E-state index in [0.29, 0.717) is 11.9 Å². The Morgan fingerprint density at radius 2 is 1.79 bits per heavy atom. The molecule has 180 valence electrons. The molecule has 2 N–H and O–H groups in total. The second-order valence-corrected chi connectivity index (χ2v) is 10.7. The summed E-state index contributed by atoms with van der Waals surface area (Å²) in [6.07, 6.45) is 13.4. The maximum atomic E-state index is 13.5. The zero-order valence-electron chi connectivity index (χ0n) is 19.7. The second-order valence-electron chi connectivity index (χ2n) is 10.7. The average molecular weight is 455 g/mol. The average Bonchev–Trinajstić information content (AvgIpc) is 3.15. The summed E-state index contributed by atoms with van der Waals surface area (Å²) < 4.78 is 0. The Kier molecular flexibility index (Phi) is 6.59. The van der Waals surface area contributed by atoms with E-state index in [1.807, 2.05) is 12.1 Å². The minimum Gasteiger partial charge on any atom is -0.393 e. The zero-order chi connectivity index (χ0) is 22.8. The van der Waals surface area contributed by atoms with Gasteiger partial charge in [0.25, 0.3) is 0 Å². The summed E-state index contributed by atoms with van der Waals surface area (Å²) in [5.74, 6) is 1.44. The fraction of sp³-hybridized carbons (Fsp3) is 0.731. The molecule has 1 aromatic heterocycles. The molecule has 1 unspecified atom stereocenters. The van der Waals surface area contributed by atoms with Gasteiger partial charge in [-0.3, -0.25) is 9.59 Å². The molecule has 4 fully saturated rings. The van der Waals surface area contributed by atoms with Crippen molar-refractivity contribution in [3.05, 3.63) is 18.3 Å². The number of likely N-dealkylation sites (tertiary alicyclic amines) is 1. The Morgan fingerprint density at radius 1 is 1.00 bits per heavy atom. The van der Waals surface area contributed by atoms with E-state index in [1.165, 1.54) is 6.42 Å². The molecule has 1 atom stereocenters. The first kappa shape index (κ1) is 22.6. The number of rotatable bonds is 4. The Hall–Kier alpha value is -2.15. The van der Waals surface area contributed by atoms with Gasteiger partial charge in [-0.1, -0.05) is 19.3 Å². The zero-order valence-corrected chi connectivity index (χ0v) is 19.7. The second kappa shape index (κ2) is 9.61. The number of anilines is 2. The normalized spacial score (nSPS) is 31.2. The van der Waals surface area contributed by atoms with Gasteiger partial charge in [-0.25, -0.2) is 4.98 Å². The van der Waals surface area contributed by atoms with Crippen molar-refractivity contribution in [2.45, 2.75) is 89.2 Å². The summed E-state index contributed by atoms with van der Waals surface area (Å²) in [5, 5.41) is 12.9. The first-order valence-electron chi connectivity index (χ1n) is 13.1. The predicted octanol–water partition coefficient (Wildman–Crippen LogP) is 3.72. The molecule has 2 amide bonds. The van der Waals surface area contributed by atoms with Gasteiger partial charge in [0.1, 0.15) is 5.82 Å². The van der Waals surface area contributed by atoms with Crippen molar-refractivity contribution in [1.29, 1.82) is 0 Å². The molecule has 1 aromatic rings. The van der Waals surface area contributed by atoms with E-state index >= 15 is 0 Å². The monoisotopic (exact) mass is 454 g/mol. The molecule has 4 aliphatic rings. The number of aliphatic hydroxyl groups excluding tert-OH is 1. The van der Waals surface area contributed by atoms with Crippen molar-refractivity contribution in [2.75, 3.05) is 29.9 Å². The van der Waals surface area contributed by atoms with Gasteiger partial charge < -0.3 is 20.2 Å². The van der Waals surface area contributed by atoms with Gasteiger partial charge >= 0.3 is 0 Å². The molecule has 3 heterocycles. The molecule has 0 aromatic carbocycles. The third-order valence-electron chi connectivity index (χ3n) is 8.55. The molecule has 2 saturated carbocycles.